The van der Waals surface area contributed by atoms with Crippen molar-refractivity contribution >= 4 is 27.5 Å². The molecule has 0 aliphatic rings. The van der Waals surface area contributed by atoms with Crippen LogP contribution >= 0.6 is 15.9 Å². The van der Waals surface area contributed by atoms with Crippen molar-refractivity contribution in [2.24, 2.45) is 7.05 Å². The average molecular weight is 406 g/mol. The largest absolute Gasteiger partial charge is 0.454 e. The van der Waals surface area contributed by atoms with Crippen molar-refractivity contribution in [3.63, 3.8) is 0 Å². The van der Waals surface area contributed by atoms with Crippen LogP contribution in [0.15, 0.2) is 21.0 Å². The van der Waals surface area contributed by atoms with Crippen molar-refractivity contribution in [3.05, 3.63) is 50.9 Å². The number of aromatic nitrogens is 4. The first-order valence-corrected chi connectivity index (χ1v) is 8.67. The van der Waals surface area contributed by atoms with E-state index in [1.54, 1.807) is 16.8 Å². The predicted molar refractivity (Wildman–Crippen MR) is 97.8 cm³/mol. The highest BCUT2D eigenvalue weighted by Gasteiger charge is 2.17. The first-order valence-electron chi connectivity index (χ1n) is 7.87. The lowest BCUT2D eigenvalue weighted by molar-refractivity contribution is 0.0994. The van der Waals surface area contributed by atoms with E-state index in [2.05, 4.69) is 31.4 Å². The smallest absolute Gasteiger partial charge is 0.291 e. The molecule has 25 heavy (non-hydrogen) atoms. The van der Waals surface area contributed by atoms with Crippen LogP contribution in [-0.4, -0.2) is 25.5 Å². The summed E-state index contributed by atoms with van der Waals surface area (Å²) in [5, 5.41) is 11.6. The second-order valence-electron chi connectivity index (χ2n) is 6.03. The minimum absolute atomic E-state index is 0.262. The molecule has 3 rings (SSSR count). The summed E-state index contributed by atoms with van der Waals surface area (Å²) in [7, 11) is 1.84. The van der Waals surface area contributed by atoms with Crippen LogP contribution in [0.25, 0.3) is 0 Å². The fourth-order valence-corrected chi connectivity index (χ4v) is 2.98. The summed E-state index contributed by atoms with van der Waals surface area (Å²) in [6.07, 6.45) is 0. The van der Waals surface area contributed by atoms with E-state index >= 15 is 0 Å². The van der Waals surface area contributed by atoms with E-state index in [0.29, 0.717) is 18.0 Å². The topological polar surface area (TPSA) is 77.9 Å². The van der Waals surface area contributed by atoms with Crippen molar-refractivity contribution in [1.29, 1.82) is 0 Å². The van der Waals surface area contributed by atoms with Crippen molar-refractivity contribution in [2.45, 2.75) is 34.2 Å². The Morgan fingerprint density at radius 2 is 1.88 bits per heavy atom. The average Bonchev–Trinajstić information content (AvgIpc) is 3.19. The van der Waals surface area contributed by atoms with Crippen LogP contribution in [0, 0.1) is 27.7 Å². The Kier molecular flexibility index (Phi) is 4.55. The minimum Gasteiger partial charge on any atom is -0.454 e. The monoisotopic (exact) mass is 405 g/mol. The van der Waals surface area contributed by atoms with E-state index in [0.717, 1.165) is 27.2 Å². The predicted octanol–water partition coefficient (Wildman–Crippen LogP) is 3.51. The fourth-order valence-electron chi connectivity index (χ4n) is 2.69. The molecule has 0 fully saturated rings. The molecule has 7 nitrogen and oxygen atoms in total. The molecule has 132 valence electrons. The number of halogens is 1. The van der Waals surface area contributed by atoms with Crippen LogP contribution in [0.4, 0.5) is 5.69 Å². The molecule has 0 spiro atoms. The Morgan fingerprint density at radius 3 is 2.44 bits per heavy atom. The molecule has 3 heterocycles. The second-order valence-corrected chi connectivity index (χ2v) is 6.82. The number of furan rings is 1. The minimum atomic E-state index is -0.292. The lowest BCUT2D eigenvalue weighted by Gasteiger charge is -2.04. The number of amides is 1. The van der Waals surface area contributed by atoms with E-state index in [4.69, 9.17) is 4.42 Å². The molecule has 0 aliphatic heterocycles. The highest BCUT2D eigenvalue weighted by Crippen LogP contribution is 2.22. The summed E-state index contributed by atoms with van der Waals surface area (Å²) < 4.78 is 10.3. The third-order valence-electron chi connectivity index (χ3n) is 4.23. The molecule has 1 N–H and O–H groups in total. The van der Waals surface area contributed by atoms with Gasteiger partial charge in [-0.2, -0.15) is 10.2 Å². The maximum atomic E-state index is 12.4. The van der Waals surface area contributed by atoms with Gasteiger partial charge < -0.3 is 9.73 Å². The number of hydrogen-bond donors (Lipinski definition) is 1. The molecule has 0 radical (unpaired) electrons. The van der Waals surface area contributed by atoms with E-state index in [1.807, 2.05) is 39.4 Å². The zero-order chi connectivity index (χ0) is 18.3. The first-order chi connectivity index (χ1) is 11.8. The zero-order valence-electron chi connectivity index (χ0n) is 14.8. The highest BCUT2D eigenvalue weighted by atomic mass is 79.9. The van der Waals surface area contributed by atoms with Gasteiger partial charge in [0.2, 0.25) is 0 Å². The number of anilines is 1. The molecule has 0 unspecified atom stereocenters. The summed E-state index contributed by atoms with van der Waals surface area (Å²) in [5.74, 6) is 0.640. The first kappa shape index (κ1) is 17.5. The van der Waals surface area contributed by atoms with Crippen molar-refractivity contribution in [1.82, 2.24) is 19.6 Å². The Labute approximate surface area is 154 Å². The summed E-state index contributed by atoms with van der Waals surface area (Å²) in [6.45, 7) is 8.15. The number of hydrogen-bond acceptors (Lipinski definition) is 4. The fraction of sp³-hybridized carbons (Fsp3) is 0.353. The molecule has 0 saturated heterocycles. The number of carbonyl (C=O) groups excluding carboxylic acids is 1. The van der Waals surface area contributed by atoms with Crippen molar-refractivity contribution in [2.75, 3.05) is 5.32 Å². The third-order valence-corrected chi connectivity index (χ3v) is 5.38. The third kappa shape index (κ3) is 3.26. The van der Waals surface area contributed by atoms with Crippen LogP contribution in [0.5, 0.6) is 0 Å². The van der Waals surface area contributed by atoms with Gasteiger partial charge in [0.1, 0.15) is 5.76 Å². The second kappa shape index (κ2) is 6.51. The Bertz CT molecular complexity index is 951. The van der Waals surface area contributed by atoms with Gasteiger partial charge in [0.25, 0.3) is 5.91 Å². The van der Waals surface area contributed by atoms with E-state index in [9.17, 15) is 4.79 Å². The van der Waals surface area contributed by atoms with Gasteiger partial charge in [-0.1, -0.05) is 0 Å². The van der Waals surface area contributed by atoms with E-state index in [1.165, 1.54) is 0 Å². The standard InChI is InChI=1S/C17H20BrN5O2/c1-9-15(18)11(3)23(21-9)8-13-6-7-14(25-13)17(24)19-16-10(2)20-22(5)12(16)4/h6-7H,8H2,1-5H3,(H,19,24). The van der Waals surface area contributed by atoms with Crippen molar-refractivity contribution < 1.29 is 9.21 Å². The Morgan fingerprint density at radius 1 is 1.16 bits per heavy atom. The number of nitrogens with one attached hydrogen (secondary N) is 1. The summed E-state index contributed by atoms with van der Waals surface area (Å²) in [4.78, 5) is 12.4. The van der Waals surface area contributed by atoms with Crippen LogP contribution in [0.2, 0.25) is 0 Å². The summed E-state index contributed by atoms with van der Waals surface area (Å²) in [6, 6.07) is 3.47. The van der Waals surface area contributed by atoms with E-state index in [-0.39, 0.29) is 11.7 Å². The van der Waals surface area contributed by atoms with E-state index < -0.39 is 0 Å². The zero-order valence-corrected chi connectivity index (χ0v) is 16.4. The number of rotatable bonds is 4. The lowest BCUT2D eigenvalue weighted by Crippen LogP contribution is -2.12. The quantitative estimate of drug-likeness (QED) is 0.720. The maximum Gasteiger partial charge on any atom is 0.291 e. The SMILES string of the molecule is Cc1nn(Cc2ccc(C(=O)Nc3c(C)nn(C)c3C)o2)c(C)c1Br. The number of aryl methyl sites for hydroxylation is 3. The molecule has 0 aromatic carbocycles. The van der Waals surface area contributed by atoms with Gasteiger partial charge in [-0.25, -0.2) is 0 Å². The molecule has 0 saturated carbocycles. The normalized spacial score (nSPS) is 11.1. The van der Waals surface area contributed by atoms with Crippen LogP contribution in [0.1, 0.15) is 39.1 Å². The van der Waals surface area contributed by atoms with Gasteiger partial charge in [-0.3, -0.25) is 14.2 Å². The van der Waals surface area contributed by atoms with Crippen LogP contribution in [-0.2, 0) is 13.6 Å². The van der Waals surface area contributed by atoms with Gasteiger partial charge >= 0.3 is 0 Å². The van der Waals surface area contributed by atoms with Crippen LogP contribution in [0.3, 0.4) is 0 Å². The molecular weight excluding hydrogens is 386 g/mol. The van der Waals surface area contributed by atoms with Crippen molar-refractivity contribution in [3.8, 4) is 0 Å². The van der Waals surface area contributed by atoms with Gasteiger partial charge in [0.15, 0.2) is 5.76 Å². The molecule has 0 atom stereocenters. The molecule has 3 aromatic heterocycles. The molecule has 0 aliphatic carbocycles. The number of carbonyl (C=O) groups is 1. The van der Waals surface area contributed by atoms with Crippen LogP contribution < -0.4 is 5.32 Å². The molecule has 0 bridgehead atoms. The number of nitrogens with zero attached hydrogens (tertiary/aromatic N) is 4. The Balaban J connectivity index is 1.76. The van der Waals surface area contributed by atoms with Gasteiger partial charge in [-0.05, 0) is 55.8 Å². The Hall–Kier alpha value is -2.35. The molecule has 1 amide bonds. The molecule has 3 aromatic rings. The van der Waals surface area contributed by atoms with Gasteiger partial charge in [-0.15, -0.1) is 0 Å². The molecular formula is C17H20BrN5O2. The summed E-state index contributed by atoms with van der Waals surface area (Å²) in [5.41, 5.74) is 4.32. The highest BCUT2D eigenvalue weighted by molar-refractivity contribution is 9.10. The lowest BCUT2D eigenvalue weighted by atomic mass is 10.3. The van der Waals surface area contributed by atoms with Gasteiger partial charge in [0.05, 0.1) is 39.5 Å². The maximum absolute atomic E-state index is 12.4. The summed E-state index contributed by atoms with van der Waals surface area (Å²) >= 11 is 3.51. The molecule has 8 heteroatoms. The van der Waals surface area contributed by atoms with Gasteiger partial charge in [0, 0.05) is 7.05 Å².